The van der Waals surface area contributed by atoms with E-state index in [9.17, 15) is 4.79 Å². The lowest BCUT2D eigenvalue weighted by Gasteiger charge is -2.26. The number of hydrogen-bond donors (Lipinski definition) is 1. The van der Waals surface area contributed by atoms with Crippen LogP contribution < -0.4 is 5.32 Å². The van der Waals surface area contributed by atoms with Crippen LogP contribution >= 0.6 is 0 Å². The van der Waals surface area contributed by atoms with Gasteiger partial charge in [-0.1, -0.05) is 13.8 Å². The van der Waals surface area contributed by atoms with Gasteiger partial charge < -0.3 is 10.2 Å². The van der Waals surface area contributed by atoms with Crippen LogP contribution in [0, 0.1) is 17.2 Å². The van der Waals surface area contributed by atoms with Crippen LogP contribution in [-0.2, 0) is 4.79 Å². The molecule has 2 rings (SSSR count). The normalized spacial score (nSPS) is 16.0. The molecule has 0 saturated carbocycles. The van der Waals surface area contributed by atoms with Crippen molar-refractivity contribution in [2.75, 3.05) is 18.4 Å². The van der Waals surface area contributed by atoms with E-state index in [2.05, 4.69) is 15.5 Å². The molecule has 0 unspecified atom stereocenters. The molecule has 0 radical (unpaired) electrons. The first kappa shape index (κ1) is 14.3. The first-order chi connectivity index (χ1) is 9.61. The average Bonchev–Trinajstić information content (AvgIpc) is 2.98. The van der Waals surface area contributed by atoms with Crippen molar-refractivity contribution < 1.29 is 4.79 Å². The number of aromatic nitrogens is 2. The lowest BCUT2D eigenvalue weighted by atomic mass is 10.0. The Balaban J connectivity index is 2.08. The number of carbonyl (C=O) groups excluding carboxylic acids is 1. The number of rotatable bonds is 4. The third kappa shape index (κ3) is 3.23. The maximum Gasteiger partial charge on any atom is 0.245 e. The Morgan fingerprint density at radius 1 is 1.35 bits per heavy atom. The number of carbonyl (C=O) groups is 1. The van der Waals surface area contributed by atoms with Crippen molar-refractivity contribution in [2.24, 2.45) is 5.92 Å². The number of likely N-dealkylation sites (tertiary alicyclic amines) is 1. The van der Waals surface area contributed by atoms with Crippen molar-refractivity contribution in [3.63, 3.8) is 0 Å². The van der Waals surface area contributed by atoms with Gasteiger partial charge in [0.1, 0.15) is 17.9 Å². The predicted octanol–water partition coefficient (Wildman–Crippen LogP) is 1.41. The van der Waals surface area contributed by atoms with Crippen LogP contribution in [0.25, 0.3) is 0 Å². The fourth-order valence-electron chi connectivity index (χ4n) is 2.28. The molecular formula is C14H19N5O. The van der Waals surface area contributed by atoms with E-state index in [0.29, 0.717) is 5.82 Å². The van der Waals surface area contributed by atoms with Gasteiger partial charge in [-0.2, -0.15) is 5.26 Å². The summed E-state index contributed by atoms with van der Waals surface area (Å²) < 4.78 is 0. The van der Waals surface area contributed by atoms with E-state index in [-0.39, 0.29) is 23.6 Å². The van der Waals surface area contributed by atoms with Gasteiger partial charge in [-0.25, -0.2) is 0 Å². The minimum atomic E-state index is -0.310. The molecule has 1 amide bonds. The van der Waals surface area contributed by atoms with Crippen LogP contribution in [-0.4, -0.2) is 40.1 Å². The quantitative estimate of drug-likeness (QED) is 0.896. The Kier molecular flexibility index (Phi) is 4.51. The number of hydrogen-bond acceptors (Lipinski definition) is 5. The molecule has 0 spiro atoms. The lowest BCUT2D eigenvalue weighted by molar-refractivity contribution is -0.131. The summed E-state index contributed by atoms with van der Waals surface area (Å²) in [6.45, 7) is 5.68. The second-order valence-electron chi connectivity index (χ2n) is 5.31. The number of nitrogens with zero attached hydrogens (tertiary/aromatic N) is 4. The molecule has 0 aromatic carbocycles. The third-order valence-corrected chi connectivity index (χ3v) is 3.43. The van der Waals surface area contributed by atoms with Gasteiger partial charge in [0.2, 0.25) is 5.91 Å². The van der Waals surface area contributed by atoms with Crippen molar-refractivity contribution in [3.05, 3.63) is 17.8 Å². The molecule has 2 heterocycles. The van der Waals surface area contributed by atoms with E-state index in [0.717, 1.165) is 25.9 Å². The molecule has 0 aliphatic carbocycles. The van der Waals surface area contributed by atoms with Crippen LogP contribution in [0.2, 0.25) is 0 Å². The molecule has 1 atom stereocenters. The number of nitriles is 1. The zero-order valence-corrected chi connectivity index (χ0v) is 11.8. The number of amides is 1. The number of nitrogens with one attached hydrogen (secondary N) is 1. The second kappa shape index (κ2) is 6.33. The average molecular weight is 273 g/mol. The summed E-state index contributed by atoms with van der Waals surface area (Å²) >= 11 is 0. The summed E-state index contributed by atoms with van der Waals surface area (Å²) in [5, 5.41) is 19.5. The van der Waals surface area contributed by atoms with E-state index < -0.39 is 0 Å². The highest BCUT2D eigenvalue weighted by molar-refractivity contribution is 5.85. The topological polar surface area (TPSA) is 81.9 Å². The molecule has 1 saturated heterocycles. The number of anilines is 1. The summed E-state index contributed by atoms with van der Waals surface area (Å²) in [6, 6.07) is 4.88. The second-order valence-corrected chi connectivity index (χ2v) is 5.31. The summed E-state index contributed by atoms with van der Waals surface area (Å²) in [5.74, 6) is 0.791. The first-order valence-electron chi connectivity index (χ1n) is 6.91. The highest BCUT2D eigenvalue weighted by atomic mass is 16.2. The van der Waals surface area contributed by atoms with E-state index in [1.54, 1.807) is 12.1 Å². The van der Waals surface area contributed by atoms with Crippen LogP contribution in [0.5, 0.6) is 0 Å². The highest BCUT2D eigenvalue weighted by Crippen LogP contribution is 2.16. The smallest absolute Gasteiger partial charge is 0.245 e. The van der Waals surface area contributed by atoms with E-state index in [1.807, 2.05) is 24.8 Å². The fourth-order valence-corrected chi connectivity index (χ4v) is 2.28. The Bertz CT molecular complexity index is 499. The maximum absolute atomic E-state index is 12.5. The zero-order chi connectivity index (χ0) is 14.5. The Hall–Kier alpha value is -2.16. The fraction of sp³-hybridized carbons (Fsp3) is 0.571. The van der Waals surface area contributed by atoms with Gasteiger partial charge in [0.15, 0.2) is 5.69 Å². The molecule has 1 aliphatic rings. The van der Waals surface area contributed by atoms with Crippen molar-refractivity contribution in [3.8, 4) is 6.07 Å². The minimum Gasteiger partial charge on any atom is -0.357 e. The molecular weight excluding hydrogens is 254 g/mol. The van der Waals surface area contributed by atoms with Gasteiger partial charge in [-0.15, -0.1) is 10.2 Å². The van der Waals surface area contributed by atoms with Crippen LogP contribution in [0.1, 0.15) is 32.4 Å². The minimum absolute atomic E-state index is 0.114. The molecule has 1 N–H and O–H groups in total. The molecule has 1 aliphatic heterocycles. The van der Waals surface area contributed by atoms with Gasteiger partial charge in [0, 0.05) is 13.1 Å². The first-order valence-corrected chi connectivity index (χ1v) is 6.91. The predicted molar refractivity (Wildman–Crippen MR) is 74.8 cm³/mol. The van der Waals surface area contributed by atoms with Gasteiger partial charge in [-0.3, -0.25) is 4.79 Å². The standard InChI is InChI=1S/C14H19N5O/c1-10(2)13(14(20)19-7-3-4-8-19)16-12-6-5-11(9-15)17-18-12/h5-6,10,13H,3-4,7-8H2,1-2H3,(H,16,18)/t13-/m1/s1. The van der Waals surface area contributed by atoms with Crippen LogP contribution in [0.15, 0.2) is 12.1 Å². The SMILES string of the molecule is CC(C)[C@@H](Nc1ccc(C#N)nn1)C(=O)N1CCCC1. The zero-order valence-electron chi connectivity index (χ0n) is 11.8. The van der Waals surface area contributed by atoms with E-state index >= 15 is 0 Å². The van der Waals surface area contributed by atoms with Gasteiger partial charge in [0.05, 0.1) is 0 Å². The molecule has 1 aromatic heterocycles. The molecule has 1 aromatic rings. The molecule has 6 nitrogen and oxygen atoms in total. The van der Waals surface area contributed by atoms with Crippen molar-refractivity contribution in [1.82, 2.24) is 15.1 Å². The molecule has 1 fully saturated rings. The van der Waals surface area contributed by atoms with Gasteiger partial charge in [0.25, 0.3) is 0 Å². The monoisotopic (exact) mass is 273 g/mol. The lowest BCUT2D eigenvalue weighted by Crippen LogP contribution is -2.44. The highest BCUT2D eigenvalue weighted by Gasteiger charge is 2.28. The van der Waals surface area contributed by atoms with E-state index in [4.69, 9.17) is 5.26 Å². The van der Waals surface area contributed by atoms with E-state index in [1.165, 1.54) is 0 Å². The van der Waals surface area contributed by atoms with Crippen LogP contribution in [0.4, 0.5) is 5.82 Å². The van der Waals surface area contributed by atoms with Crippen molar-refractivity contribution in [1.29, 1.82) is 5.26 Å². The van der Waals surface area contributed by atoms with Crippen LogP contribution in [0.3, 0.4) is 0 Å². The molecule has 0 bridgehead atoms. The van der Waals surface area contributed by atoms with Gasteiger partial charge in [-0.05, 0) is 30.9 Å². The van der Waals surface area contributed by atoms with Crippen molar-refractivity contribution in [2.45, 2.75) is 32.7 Å². The van der Waals surface area contributed by atoms with Gasteiger partial charge >= 0.3 is 0 Å². The van der Waals surface area contributed by atoms with Crippen molar-refractivity contribution >= 4 is 11.7 Å². The summed E-state index contributed by atoms with van der Waals surface area (Å²) in [4.78, 5) is 14.4. The molecule has 106 valence electrons. The largest absolute Gasteiger partial charge is 0.357 e. The Morgan fingerprint density at radius 3 is 2.55 bits per heavy atom. The maximum atomic E-state index is 12.5. The summed E-state index contributed by atoms with van der Waals surface area (Å²) in [5.41, 5.74) is 0.266. The Morgan fingerprint density at radius 2 is 2.05 bits per heavy atom. The summed E-state index contributed by atoms with van der Waals surface area (Å²) in [6.07, 6.45) is 2.15. The molecule has 6 heteroatoms. The molecule has 20 heavy (non-hydrogen) atoms. The third-order valence-electron chi connectivity index (χ3n) is 3.43. The Labute approximate surface area is 118 Å². The summed E-state index contributed by atoms with van der Waals surface area (Å²) in [7, 11) is 0.